The van der Waals surface area contributed by atoms with E-state index in [-0.39, 0.29) is 11.9 Å². The lowest BCUT2D eigenvalue weighted by molar-refractivity contribution is 0.0744. The van der Waals surface area contributed by atoms with Gasteiger partial charge >= 0.3 is 0 Å². The molecule has 5 rings (SSSR count). The Bertz CT molecular complexity index is 1310. The van der Waals surface area contributed by atoms with Gasteiger partial charge < -0.3 is 14.4 Å². The van der Waals surface area contributed by atoms with E-state index in [4.69, 9.17) is 9.47 Å². The molecule has 1 aliphatic heterocycles. The van der Waals surface area contributed by atoms with Crippen molar-refractivity contribution in [3.05, 3.63) is 101 Å². The van der Waals surface area contributed by atoms with Crippen molar-refractivity contribution in [1.29, 1.82) is 0 Å². The highest BCUT2D eigenvalue weighted by molar-refractivity contribution is 6.00. The van der Waals surface area contributed by atoms with Gasteiger partial charge in [0.2, 0.25) is 0 Å². The number of aromatic amines is 1. The molecule has 172 valence electrons. The van der Waals surface area contributed by atoms with Crippen molar-refractivity contribution in [3.63, 3.8) is 0 Å². The Labute approximate surface area is 199 Å². The Hall–Kier alpha value is -4.06. The van der Waals surface area contributed by atoms with Crippen molar-refractivity contribution < 1.29 is 14.3 Å². The normalized spacial score (nSPS) is 14.9. The molecule has 1 aliphatic rings. The number of nitrogens with one attached hydrogen (secondary N) is 1. The van der Waals surface area contributed by atoms with E-state index in [1.54, 1.807) is 14.2 Å². The van der Waals surface area contributed by atoms with Crippen LogP contribution in [0.1, 0.15) is 38.8 Å². The second kappa shape index (κ2) is 9.06. The third kappa shape index (κ3) is 3.81. The number of H-pyrrole nitrogens is 1. The number of fused-ring (bicyclic) bond motifs is 1. The minimum absolute atomic E-state index is 0.0559. The largest absolute Gasteiger partial charge is 0.497 e. The summed E-state index contributed by atoms with van der Waals surface area (Å²) in [7, 11) is 3.27. The summed E-state index contributed by atoms with van der Waals surface area (Å²) in [5, 5.41) is 7.60. The third-order valence-corrected chi connectivity index (χ3v) is 6.41. The van der Waals surface area contributed by atoms with Gasteiger partial charge in [-0.3, -0.25) is 9.89 Å². The number of nitrogens with zero attached hydrogens (tertiary/aromatic N) is 2. The van der Waals surface area contributed by atoms with E-state index < -0.39 is 0 Å². The van der Waals surface area contributed by atoms with Crippen LogP contribution in [0.3, 0.4) is 0 Å². The molecule has 0 saturated heterocycles. The van der Waals surface area contributed by atoms with Gasteiger partial charge in [-0.15, -0.1) is 0 Å². The average molecular weight is 454 g/mol. The number of amides is 1. The van der Waals surface area contributed by atoms with Crippen LogP contribution < -0.4 is 9.47 Å². The molecule has 6 nitrogen and oxygen atoms in total. The summed E-state index contributed by atoms with van der Waals surface area (Å²) >= 11 is 0. The van der Waals surface area contributed by atoms with Crippen LogP contribution in [-0.2, 0) is 6.42 Å². The Kier molecular flexibility index (Phi) is 5.80. The molecule has 0 spiro atoms. The molecule has 4 aromatic rings. The summed E-state index contributed by atoms with van der Waals surface area (Å²) in [6.07, 6.45) is 0.749. The molecular formula is C28H27N3O3. The lowest BCUT2D eigenvalue weighted by Gasteiger charge is -2.28. The Morgan fingerprint density at radius 1 is 0.971 bits per heavy atom. The first kappa shape index (κ1) is 21.8. The fourth-order valence-electron chi connectivity index (χ4n) is 4.62. The van der Waals surface area contributed by atoms with Crippen LogP contribution in [0.2, 0.25) is 0 Å². The van der Waals surface area contributed by atoms with Crippen LogP contribution in [0.5, 0.6) is 11.5 Å². The number of hydrogen-bond acceptors (Lipinski definition) is 4. The fourth-order valence-corrected chi connectivity index (χ4v) is 4.62. The summed E-state index contributed by atoms with van der Waals surface area (Å²) < 4.78 is 11.2. The molecular weight excluding hydrogens is 426 g/mol. The summed E-state index contributed by atoms with van der Waals surface area (Å²) in [5.74, 6) is 1.32. The van der Waals surface area contributed by atoms with Crippen molar-refractivity contribution in [2.75, 3.05) is 20.8 Å². The van der Waals surface area contributed by atoms with E-state index in [2.05, 4.69) is 41.4 Å². The molecule has 0 fully saturated rings. The number of benzene rings is 3. The number of rotatable bonds is 7. The van der Waals surface area contributed by atoms with Gasteiger partial charge in [-0.2, -0.15) is 5.10 Å². The van der Waals surface area contributed by atoms with Crippen LogP contribution in [-0.4, -0.2) is 41.8 Å². The molecule has 1 N–H and O–H groups in total. The number of aromatic nitrogens is 2. The first-order chi connectivity index (χ1) is 16.6. The number of carbonyl (C=O) groups is 1. The number of carbonyl (C=O) groups excluding carboxylic acids is 1. The lowest BCUT2D eigenvalue weighted by Crippen LogP contribution is -2.31. The molecule has 0 bridgehead atoms. The Balaban J connectivity index is 1.62. The quantitative estimate of drug-likeness (QED) is 0.418. The van der Waals surface area contributed by atoms with Crippen molar-refractivity contribution in [3.8, 4) is 22.8 Å². The van der Waals surface area contributed by atoms with Crippen LogP contribution in [0.15, 0.2) is 72.8 Å². The van der Waals surface area contributed by atoms with Gasteiger partial charge in [-0.05, 0) is 31.0 Å². The summed E-state index contributed by atoms with van der Waals surface area (Å²) in [4.78, 5) is 15.5. The minimum atomic E-state index is -0.331. The van der Waals surface area contributed by atoms with Gasteiger partial charge in [0.1, 0.15) is 17.2 Å². The minimum Gasteiger partial charge on any atom is -0.497 e. The van der Waals surface area contributed by atoms with Crippen LogP contribution in [0.4, 0.5) is 0 Å². The molecule has 0 radical (unpaired) electrons. The molecule has 0 saturated carbocycles. The van der Waals surface area contributed by atoms with E-state index in [0.717, 1.165) is 28.8 Å². The molecule has 6 heteroatoms. The zero-order valence-electron chi connectivity index (χ0n) is 19.5. The van der Waals surface area contributed by atoms with E-state index in [0.29, 0.717) is 23.7 Å². The smallest absolute Gasteiger partial charge is 0.273 e. The van der Waals surface area contributed by atoms with Gasteiger partial charge in [-0.25, -0.2) is 0 Å². The number of methoxy groups -OCH3 is 2. The van der Waals surface area contributed by atoms with Gasteiger partial charge in [0.25, 0.3) is 5.91 Å². The van der Waals surface area contributed by atoms with Crippen molar-refractivity contribution in [2.24, 2.45) is 0 Å². The van der Waals surface area contributed by atoms with Gasteiger partial charge in [0, 0.05) is 29.3 Å². The molecule has 34 heavy (non-hydrogen) atoms. The van der Waals surface area contributed by atoms with E-state index >= 15 is 0 Å². The van der Waals surface area contributed by atoms with Gasteiger partial charge in [0.15, 0.2) is 0 Å². The van der Waals surface area contributed by atoms with Crippen LogP contribution in [0, 0.1) is 6.92 Å². The second-order valence-corrected chi connectivity index (χ2v) is 8.47. The molecule has 1 amide bonds. The second-order valence-electron chi connectivity index (χ2n) is 8.47. The Morgan fingerprint density at radius 2 is 1.74 bits per heavy atom. The SMILES string of the molecule is COc1ccc(C2c3c(-c4ccc(C)cc4)n[nH]c3C(=O)N2CCc2ccccc2)c(OC)c1. The predicted octanol–water partition coefficient (Wildman–Crippen LogP) is 5.19. The molecule has 2 heterocycles. The molecule has 1 aromatic heterocycles. The lowest BCUT2D eigenvalue weighted by atomic mass is 9.94. The number of aryl methyl sites for hydroxylation is 1. The van der Waals surface area contributed by atoms with Crippen molar-refractivity contribution in [1.82, 2.24) is 15.1 Å². The van der Waals surface area contributed by atoms with Crippen LogP contribution >= 0.6 is 0 Å². The highest BCUT2D eigenvalue weighted by Crippen LogP contribution is 2.46. The molecule has 1 unspecified atom stereocenters. The number of hydrogen-bond donors (Lipinski definition) is 1. The molecule has 1 atom stereocenters. The number of ether oxygens (including phenoxy) is 2. The first-order valence-electron chi connectivity index (χ1n) is 11.3. The van der Waals surface area contributed by atoms with Crippen molar-refractivity contribution in [2.45, 2.75) is 19.4 Å². The molecule has 3 aromatic carbocycles. The Morgan fingerprint density at radius 3 is 2.44 bits per heavy atom. The monoisotopic (exact) mass is 453 g/mol. The van der Waals surface area contributed by atoms with E-state index in [9.17, 15) is 4.79 Å². The van der Waals surface area contributed by atoms with Crippen LogP contribution in [0.25, 0.3) is 11.3 Å². The summed E-state index contributed by atoms with van der Waals surface area (Å²) in [6, 6.07) is 23.8. The first-order valence-corrected chi connectivity index (χ1v) is 11.3. The highest BCUT2D eigenvalue weighted by Gasteiger charge is 2.43. The fraction of sp³-hybridized carbons (Fsp3) is 0.214. The summed E-state index contributed by atoms with van der Waals surface area (Å²) in [5.41, 5.74) is 6.43. The zero-order chi connectivity index (χ0) is 23.7. The van der Waals surface area contributed by atoms with Gasteiger partial charge in [0.05, 0.1) is 26.0 Å². The maximum Gasteiger partial charge on any atom is 0.273 e. The van der Waals surface area contributed by atoms with Gasteiger partial charge in [-0.1, -0.05) is 60.2 Å². The third-order valence-electron chi connectivity index (χ3n) is 6.41. The van der Waals surface area contributed by atoms with E-state index in [1.807, 2.05) is 53.4 Å². The zero-order valence-corrected chi connectivity index (χ0v) is 19.5. The topological polar surface area (TPSA) is 67.5 Å². The average Bonchev–Trinajstić information content (AvgIpc) is 3.42. The maximum absolute atomic E-state index is 13.6. The maximum atomic E-state index is 13.6. The molecule has 0 aliphatic carbocycles. The summed E-state index contributed by atoms with van der Waals surface area (Å²) in [6.45, 7) is 2.62. The standard InChI is InChI=1S/C28H27N3O3/c1-18-9-11-20(12-10-18)25-24-26(30-29-25)28(32)31(16-15-19-7-5-4-6-8-19)27(24)22-14-13-21(33-2)17-23(22)34-3/h4-14,17,27H,15-16H2,1-3H3,(H,29,30). The predicted molar refractivity (Wildman–Crippen MR) is 131 cm³/mol. The van der Waals surface area contributed by atoms with Crippen molar-refractivity contribution >= 4 is 5.91 Å². The highest BCUT2D eigenvalue weighted by atomic mass is 16.5. The van der Waals surface area contributed by atoms with E-state index in [1.165, 1.54) is 11.1 Å².